The zero-order valence-corrected chi connectivity index (χ0v) is 6.92. The van der Waals surface area contributed by atoms with E-state index in [4.69, 9.17) is 5.41 Å². The van der Waals surface area contributed by atoms with Gasteiger partial charge in [-0.15, -0.1) is 11.8 Å². The van der Waals surface area contributed by atoms with Gasteiger partial charge < -0.3 is 4.74 Å². The van der Waals surface area contributed by atoms with Crippen LogP contribution in [0.3, 0.4) is 0 Å². The Morgan fingerprint density at radius 3 is 2.56 bits per heavy atom. The van der Waals surface area contributed by atoms with Crippen molar-refractivity contribution in [3.8, 4) is 0 Å². The van der Waals surface area contributed by atoms with Gasteiger partial charge in [-0.2, -0.15) is 0 Å². The molecule has 0 aliphatic rings. The lowest BCUT2D eigenvalue weighted by Crippen LogP contribution is -2.04. The van der Waals surface area contributed by atoms with Gasteiger partial charge in [0, 0.05) is 0 Å². The largest absolute Gasteiger partial charge is 0.484 e. The minimum atomic E-state index is 0.355. The first-order valence-electron chi connectivity index (χ1n) is 2.90. The van der Waals surface area contributed by atoms with Crippen LogP contribution in [0.25, 0.3) is 0 Å². The zero-order valence-electron chi connectivity index (χ0n) is 6.10. The number of hydrogen-bond acceptors (Lipinski definition) is 3. The molecule has 0 saturated heterocycles. The van der Waals surface area contributed by atoms with Crippen LogP contribution in [0, 0.1) is 5.41 Å². The first-order valence-corrected chi connectivity index (χ1v) is 3.94. The van der Waals surface area contributed by atoms with Crippen molar-refractivity contribution in [1.82, 2.24) is 0 Å². The minimum Gasteiger partial charge on any atom is -0.484 e. The van der Waals surface area contributed by atoms with Crippen LogP contribution in [0.5, 0.6) is 0 Å². The Morgan fingerprint density at radius 1 is 1.67 bits per heavy atom. The normalized spacial score (nSPS) is 9.78. The summed E-state index contributed by atoms with van der Waals surface area (Å²) in [6.07, 6.45) is 0. The monoisotopic (exact) mass is 147 g/mol. The molecule has 0 aromatic rings. The summed E-state index contributed by atoms with van der Waals surface area (Å²) in [5, 5.41) is 7.67. The second kappa shape index (κ2) is 4.68. The standard InChI is InChI=1S/C6H13NOS/c1-5(2)9-4-6(7)8-3/h5,7H,4H2,1-3H3. The topological polar surface area (TPSA) is 33.1 Å². The van der Waals surface area contributed by atoms with E-state index in [1.165, 1.54) is 7.11 Å². The Morgan fingerprint density at radius 2 is 2.22 bits per heavy atom. The lowest BCUT2D eigenvalue weighted by atomic mass is 10.6. The molecule has 0 amide bonds. The second-order valence-electron chi connectivity index (χ2n) is 1.99. The molecule has 0 rings (SSSR count). The van der Waals surface area contributed by atoms with E-state index >= 15 is 0 Å². The Balaban J connectivity index is 3.17. The third kappa shape index (κ3) is 5.69. The molecule has 0 atom stereocenters. The molecular weight excluding hydrogens is 134 g/mol. The SMILES string of the molecule is COC(=N)CSC(C)C. The van der Waals surface area contributed by atoms with Crippen molar-refractivity contribution in [2.45, 2.75) is 19.1 Å². The van der Waals surface area contributed by atoms with Gasteiger partial charge in [0.15, 0.2) is 5.90 Å². The maximum Gasteiger partial charge on any atom is 0.190 e. The number of nitrogens with one attached hydrogen (secondary N) is 1. The van der Waals surface area contributed by atoms with E-state index in [0.717, 1.165) is 0 Å². The first kappa shape index (κ1) is 8.82. The van der Waals surface area contributed by atoms with E-state index in [0.29, 0.717) is 16.9 Å². The molecule has 1 N–H and O–H groups in total. The Hall–Kier alpha value is -0.180. The Bertz CT molecular complexity index is 93.1. The molecule has 0 radical (unpaired) electrons. The average Bonchev–Trinajstić information content (AvgIpc) is 1.83. The smallest absolute Gasteiger partial charge is 0.190 e. The molecule has 54 valence electrons. The van der Waals surface area contributed by atoms with Gasteiger partial charge in [-0.05, 0) is 5.25 Å². The number of methoxy groups -OCH3 is 1. The Labute approximate surface area is 60.5 Å². The molecule has 2 nitrogen and oxygen atoms in total. The molecule has 3 heteroatoms. The summed E-state index contributed by atoms with van der Waals surface area (Å²) >= 11 is 1.71. The predicted molar refractivity (Wildman–Crippen MR) is 42.3 cm³/mol. The van der Waals surface area contributed by atoms with Crippen molar-refractivity contribution >= 4 is 17.7 Å². The lowest BCUT2D eigenvalue weighted by molar-refractivity contribution is 0.397. The highest BCUT2D eigenvalue weighted by Gasteiger charge is 1.97. The average molecular weight is 147 g/mol. The van der Waals surface area contributed by atoms with Crippen LogP contribution in [-0.2, 0) is 4.74 Å². The van der Waals surface area contributed by atoms with Crippen LogP contribution in [0.15, 0.2) is 0 Å². The molecule has 0 aliphatic carbocycles. The first-order chi connectivity index (χ1) is 4.16. The molecule has 0 fully saturated rings. The van der Waals surface area contributed by atoms with Gasteiger partial charge >= 0.3 is 0 Å². The highest BCUT2D eigenvalue weighted by molar-refractivity contribution is 8.00. The summed E-state index contributed by atoms with van der Waals surface area (Å²) in [4.78, 5) is 0. The summed E-state index contributed by atoms with van der Waals surface area (Å²) in [6, 6.07) is 0. The van der Waals surface area contributed by atoms with Crippen molar-refractivity contribution in [1.29, 1.82) is 5.41 Å². The number of ether oxygens (including phenoxy) is 1. The summed E-state index contributed by atoms with van der Waals surface area (Å²) in [7, 11) is 1.53. The molecule has 0 unspecified atom stereocenters. The van der Waals surface area contributed by atoms with Gasteiger partial charge in [-0.25, -0.2) is 0 Å². The van der Waals surface area contributed by atoms with Crippen LogP contribution in [-0.4, -0.2) is 24.0 Å². The van der Waals surface area contributed by atoms with E-state index in [1.807, 2.05) is 0 Å². The number of rotatable bonds is 3. The van der Waals surface area contributed by atoms with Gasteiger partial charge in [0.2, 0.25) is 0 Å². The summed E-state index contributed by atoms with van der Waals surface area (Å²) in [5.41, 5.74) is 0. The maximum absolute atomic E-state index is 7.09. The number of thioether (sulfide) groups is 1. The molecule has 0 bridgehead atoms. The van der Waals surface area contributed by atoms with Gasteiger partial charge in [-0.1, -0.05) is 13.8 Å². The molecule has 0 spiro atoms. The van der Waals surface area contributed by atoms with E-state index < -0.39 is 0 Å². The van der Waals surface area contributed by atoms with Crippen molar-refractivity contribution in [3.05, 3.63) is 0 Å². The Kier molecular flexibility index (Phi) is 4.58. The molecule has 0 aromatic heterocycles. The van der Waals surface area contributed by atoms with Crippen LogP contribution in [0.2, 0.25) is 0 Å². The fraction of sp³-hybridized carbons (Fsp3) is 0.833. The third-order valence-electron chi connectivity index (χ3n) is 0.794. The van der Waals surface area contributed by atoms with Gasteiger partial charge in [-0.3, -0.25) is 5.41 Å². The van der Waals surface area contributed by atoms with Gasteiger partial charge in [0.05, 0.1) is 12.9 Å². The molecular formula is C6H13NOS. The third-order valence-corrected chi connectivity index (χ3v) is 1.89. The van der Waals surface area contributed by atoms with Gasteiger partial charge in [0.1, 0.15) is 0 Å². The number of hydrogen-bond donors (Lipinski definition) is 1. The van der Waals surface area contributed by atoms with Crippen molar-refractivity contribution in [3.63, 3.8) is 0 Å². The van der Waals surface area contributed by atoms with Crippen molar-refractivity contribution in [2.24, 2.45) is 0 Å². The van der Waals surface area contributed by atoms with E-state index in [2.05, 4.69) is 18.6 Å². The van der Waals surface area contributed by atoms with Crippen LogP contribution in [0.4, 0.5) is 0 Å². The quantitative estimate of drug-likeness (QED) is 0.487. The molecule has 0 aromatic carbocycles. The summed E-state index contributed by atoms with van der Waals surface area (Å²) in [6.45, 7) is 4.21. The minimum absolute atomic E-state index is 0.355. The fourth-order valence-corrected chi connectivity index (χ4v) is 0.904. The molecule has 0 heterocycles. The van der Waals surface area contributed by atoms with Crippen LogP contribution >= 0.6 is 11.8 Å². The maximum atomic E-state index is 7.09. The molecule has 0 aliphatic heterocycles. The zero-order chi connectivity index (χ0) is 7.28. The molecule has 9 heavy (non-hydrogen) atoms. The second-order valence-corrected chi connectivity index (χ2v) is 3.55. The highest BCUT2D eigenvalue weighted by atomic mass is 32.2. The van der Waals surface area contributed by atoms with Crippen molar-refractivity contribution < 1.29 is 4.74 Å². The highest BCUT2D eigenvalue weighted by Crippen LogP contribution is 2.08. The lowest BCUT2D eigenvalue weighted by Gasteiger charge is -2.03. The van der Waals surface area contributed by atoms with Crippen LogP contribution in [0.1, 0.15) is 13.8 Å². The summed E-state index contributed by atoms with van der Waals surface area (Å²) in [5.74, 6) is 1.04. The summed E-state index contributed by atoms with van der Waals surface area (Å²) < 4.78 is 4.66. The van der Waals surface area contributed by atoms with E-state index in [1.54, 1.807) is 11.8 Å². The van der Waals surface area contributed by atoms with E-state index in [-0.39, 0.29) is 0 Å². The van der Waals surface area contributed by atoms with Crippen molar-refractivity contribution in [2.75, 3.05) is 12.9 Å². The fourth-order valence-electron chi connectivity index (χ4n) is 0.301. The molecule has 0 saturated carbocycles. The predicted octanol–water partition coefficient (Wildman–Crippen LogP) is 1.75. The van der Waals surface area contributed by atoms with Crippen LogP contribution < -0.4 is 0 Å². The van der Waals surface area contributed by atoms with E-state index in [9.17, 15) is 0 Å². The van der Waals surface area contributed by atoms with Gasteiger partial charge in [0.25, 0.3) is 0 Å².